The van der Waals surface area contributed by atoms with Crippen LogP contribution in [0.4, 0.5) is 0 Å². The van der Waals surface area contributed by atoms with Gasteiger partial charge >= 0.3 is 17.9 Å². The first kappa shape index (κ1) is 28.7. The number of nitrogens with one attached hydrogen (secondary N) is 3. The number of carboxylic acid groups (broad SMARTS) is 3. The van der Waals surface area contributed by atoms with Gasteiger partial charge in [0.15, 0.2) is 0 Å². The first-order valence-electron chi connectivity index (χ1n) is 9.72. The Balaban J connectivity index is 5.49. The molecule has 0 aliphatic rings. The van der Waals surface area contributed by atoms with Crippen LogP contribution in [-0.2, 0) is 28.8 Å². The van der Waals surface area contributed by atoms with Gasteiger partial charge in [-0.15, -0.1) is 0 Å². The van der Waals surface area contributed by atoms with E-state index in [1.54, 1.807) is 0 Å². The second-order valence-corrected chi connectivity index (χ2v) is 7.47. The van der Waals surface area contributed by atoms with Crippen molar-refractivity contribution >= 4 is 35.6 Å². The number of aliphatic hydroxyl groups excluding tert-OH is 1. The van der Waals surface area contributed by atoms with Crippen molar-refractivity contribution in [2.45, 2.75) is 63.7 Å². The molecule has 4 unspecified atom stereocenters. The largest absolute Gasteiger partial charge is 0.481 e. The number of hydrogen-bond donors (Lipinski definition) is 8. The predicted molar refractivity (Wildman–Crippen MR) is 107 cm³/mol. The number of aliphatic carboxylic acids is 3. The highest BCUT2D eigenvalue weighted by atomic mass is 16.4. The van der Waals surface area contributed by atoms with E-state index in [1.807, 2.05) is 19.2 Å². The molecule has 0 radical (unpaired) electrons. The van der Waals surface area contributed by atoms with Crippen LogP contribution in [0.3, 0.4) is 0 Å². The summed E-state index contributed by atoms with van der Waals surface area (Å²) in [4.78, 5) is 70.1. The van der Waals surface area contributed by atoms with Crippen molar-refractivity contribution in [3.05, 3.63) is 0 Å². The molecule has 0 heterocycles. The second kappa shape index (κ2) is 13.9. The zero-order chi connectivity index (χ0) is 25.0. The minimum Gasteiger partial charge on any atom is -0.481 e. The molecule has 0 aliphatic heterocycles. The Morgan fingerprint density at radius 1 is 0.781 bits per heavy atom. The zero-order valence-electron chi connectivity index (χ0n) is 17.7. The molecule has 14 nitrogen and oxygen atoms in total. The Labute approximate surface area is 183 Å². The summed E-state index contributed by atoms with van der Waals surface area (Å²) in [6, 6.07) is -5.95. The fourth-order valence-corrected chi connectivity index (χ4v) is 2.54. The van der Waals surface area contributed by atoms with Gasteiger partial charge in [0, 0.05) is 6.42 Å². The number of rotatable bonds is 15. The lowest BCUT2D eigenvalue weighted by Crippen LogP contribution is -2.58. The van der Waals surface area contributed by atoms with Crippen molar-refractivity contribution in [2.75, 3.05) is 6.61 Å². The maximum absolute atomic E-state index is 12.6. The van der Waals surface area contributed by atoms with E-state index in [4.69, 9.17) is 26.2 Å². The normalized spacial score (nSPS) is 14.5. The van der Waals surface area contributed by atoms with Crippen LogP contribution in [0.2, 0.25) is 0 Å². The minimum atomic E-state index is -1.76. The van der Waals surface area contributed by atoms with Crippen LogP contribution >= 0.6 is 0 Å². The summed E-state index contributed by atoms with van der Waals surface area (Å²) in [5.41, 5.74) is 5.76. The summed E-state index contributed by atoms with van der Waals surface area (Å²) in [6.45, 7) is 2.64. The summed E-state index contributed by atoms with van der Waals surface area (Å²) in [5.74, 6) is -7.32. The predicted octanol–water partition coefficient (Wildman–Crippen LogP) is -2.77. The summed E-state index contributed by atoms with van der Waals surface area (Å²) in [5, 5.41) is 42.0. The minimum absolute atomic E-state index is 0.0550. The lowest BCUT2D eigenvalue weighted by molar-refractivity contribution is -0.144. The molecule has 0 fully saturated rings. The molecule has 0 spiro atoms. The third-order valence-corrected chi connectivity index (χ3v) is 4.15. The Morgan fingerprint density at radius 2 is 1.28 bits per heavy atom. The zero-order valence-corrected chi connectivity index (χ0v) is 17.7. The Kier molecular flexibility index (Phi) is 12.5. The molecule has 0 saturated heterocycles. The molecule has 182 valence electrons. The average molecular weight is 462 g/mol. The summed E-state index contributed by atoms with van der Waals surface area (Å²) >= 11 is 0. The molecule has 14 heteroatoms. The fourth-order valence-electron chi connectivity index (χ4n) is 2.54. The monoisotopic (exact) mass is 462 g/mol. The molecular formula is C18H30N4O10. The van der Waals surface area contributed by atoms with Crippen molar-refractivity contribution in [1.29, 1.82) is 0 Å². The molecule has 0 saturated carbocycles. The van der Waals surface area contributed by atoms with Crippen LogP contribution in [0, 0.1) is 5.92 Å². The molecule has 32 heavy (non-hydrogen) atoms. The van der Waals surface area contributed by atoms with Crippen LogP contribution in [0.1, 0.15) is 39.5 Å². The number of carboxylic acids is 3. The van der Waals surface area contributed by atoms with E-state index < -0.39 is 79.2 Å². The molecule has 0 aromatic carbocycles. The molecule has 0 aromatic heterocycles. The van der Waals surface area contributed by atoms with Gasteiger partial charge in [-0.3, -0.25) is 24.0 Å². The highest BCUT2D eigenvalue weighted by Crippen LogP contribution is 2.06. The van der Waals surface area contributed by atoms with Gasteiger partial charge < -0.3 is 42.1 Å². The Bertz CT molecular complexity index is 712. The van der Waals surface area contributed by atoms with E-state index in [0.29, 0.717) is 0 Å². The summed E-state index contributed by atoms with van der Waals surface area (Å²) < 4.78 is 0. The fraction of sp³-hybridized carbons (Fsp3) is 0.667. The molecule has 0 aromatic rings. The lowest BCUT2D eigenvalue weighted by Gasteiger charge is -2.24. The van der Waals surface area contributed by atoms with Gasteiger partial charge in [0.2, 0.25) is 17.7 Å². The number of carbonyl (C=O) groups excluding carboxylic acids is 3. The van der Waals surface area contributed by atoms with Gasteiger partial charge in [0.1, 0.15) is 18.1 Å². The quantitative estimate of drug-likeness (QED) is 0.124. The van der Waals surface area contributed by atoms with Crippen LogP contribution in [0.15, 0.2) is 0 Å². The molecular weight excluding hydrogens is 432 g/mol. The highest BCUT2D eigenvalue weighted by molar-refractivity contribution is 5.95. The molecule has 3 amide bonds. The van der Waals surface area contributed by atoms with Crippen molar-refractivity contribution in [3.63, 3.8) is 0 Å². The van der Waals surface area contributed by atoms with E-state index in [9.17, 15) is 28.8 Å². The van der Waals surface area contributed by atoms with Gasteiger partial charge in [-0.25, -0.2) is 4.79 Å². The first-order valence-corrected chi connectivity index (χ1v) is 9.72. The number of amides is 3. The maximum Gasteiger partial charge on any atom is 0.328 e. The van der Waals surface area contributed by atoms with Gasteiger partial charge in [0.05, 0.1) is 19.1 Å². The van der Waals surface area contributed by atoms with Crippen LogP contribution in [0.25, 0.3) is 0 Å². The van der Waals surface area contributed by atoms with Crippen LogP contribution in [0.5, 0.6) is 0 Å². The van der Waals surface area contributed by atoms with E-state index in [2.05, 4.69) is 10.6 Å². The SMILES string of the molecule is CC(C)CC(N)C(=O)NC(CCC(=O)O)C(=O)NC(CC(=O)O)C(=O)NC(CO)C(=O)O. The number of nitrogens with two attached hydrogens (primary N) is 1. The highest BCUT2D eigenvalue weighted by Gasteiger charge is 2.31. The number of aliphatic hydroxyl groups is 1. The van der Waals surface area contributed by atoms with Crippen molar-refractivity contribution in [3.8, 4) is 0 Å². The molecule has 0 rings (SSSR count). The number of carbonyl (C=O) groups is 6. The Hall–Kier alpha value is -3.26. The van der Waals surface area contributed by atoms with Gasteiger partial charge in [0.25, 0.3) is 0 Å². The first-order chi connectivity index (χ1) is 14.8. The summed E-state index contributed by atoms with van der Waals surface area (Å²) in [7, 11) is 0. The van der Waals surface area contributed by atoms with Gasteiger partial charge in [-0.05, 0) is 18.8 Å². The molecule has 0 aliphatic carbocycles. The smallest absolute Gasteiger partial charge is 0.328 e. The standard InChI is InChI=1S/C18H30N4O10/c1-8(2)5-9(19)15(28)20-10(3-4-13(24)25)16(29)21-11(6-14(26)27)17(30)22-12(7-23)18(31)32/h8-12,23H,3-7,19H2,1-2H3,(H,20,28)(H,21,29)(H,22,30)(H,24,25)(H,26,27)(H,31,32). The van der Waals surface area contributed by atoms with Crippen LogP contribution < -0.4 is 21.7 Å². The Morgan fingerprint density at radius 3 is 1.72 bits per heavy atom. The number of hydrogen-bond acceptors (Lipinski definition) is 8. The van der Waals surface area contributed by atoms with Crippen molar-refractivity contribution < 1.29 is 49.2 Å². The summed E-state index contributed by atoms with van der Waals surface area (Å²) in [6.07, 6.45) is -1.57. The lowest BCUT2D eigenvalue weighted by atomic mass is 10.0. The van der Waals surface area contributed by atoms with E-state index in [0.717, 1.165) is 0 Å². The van der Waals surface area contributed by atoms with E-state index in [-0.39, 0.29) is 18.8 Å². The van der Waals surface area contributed by atoms with Crippen LogP contribution in [-0.4, -0.2) is 86.8 Å². The third-order valence-electron chi connectivity index (χ3n) is 4.15. The van der Waals surface area contributed by atoms with E-state index in [1.165, 1.54) is 0 Å². The average Bonchev–Trinajstić information content (AvgIpc) is 2.66. The third kappa shape index (κ3) is 11.2. The van der Waals surface area contributed by atoms with E-state index >= 15 is 0 Å². The molecule has 4 atom stereocenters. The van der Waals surface area contributed by atoms with Crippen molar-refractivity contribution in [1.82, 2.24) is 16.0 Å². The van der Waals surface area contributed by atoms with Crippen molar-refractivity contribution in [2.24, 2.45) is 11.7 Å². The second-order valence-electron chi connectivity index (χ2n) is 7.47. The molecule has 0 bridgehead atoms. The topological polar surface area (TPSA) is 245 Å². The van der Waals surface area contributed by atoms with Gasteiger partial charge in [-0.1, -0.05) is 13.8 Å². The maximum atomic E-state index is 12.6. The molecule has 9 N–H and O–H groups in total. The van der Waals surface area contributed by atoms with Gasteiger partial charge in [-0.2, -0.15) is 0 Å².